The van der Waals surface area contributed by atoms with Gasteiger partial charge in [0.15, 0.2) is 5.69 Å². The molecule has 2 aromatic heterocycles. The average molecular weight is 390 g/mol. The highest BCUT2D eigenvalue weighted by Crippen LogP contribution is 2.33. The topological polar surface area (TPSA) is 87.2 Å². The fraction of sp³-hybridized carbons (Fsp3) is 0.333. The van der Waals surface area contributed by atoms with Crippen LogP contribution in [0.5, 0.6) is 5.75 Å². The Morgan fingerprint density at radius 1 is 1.21 bits per heavy atom. The van der Waals surface area contributed by atoms with E-state index in [1.807, 2.05) is 18.2 Å². The van der Waals surface area contributed by atoms with Gasteiger partial charge in [-0.05, 0) is 11.6 Å². The van der Waals surface area contributed by atoms with Gasteiger partial charge in [-0.25, -0.2) is 9.97 Å². The van der Waals surface area contributed by atoms with Crippen LogP contribution in [0.25, 0.3) is 0 Å². The van der Waals surface area contributed by atoms with Crippen molar-refractivity contribution in [3.8, 4) is 5.75 Å². The monoisotopic (exact) mass is 390 g/mol. The number of aromatic amines is 1. The summed E-state index contributed by atoms with van der Waals surface area (Å²) in [6.07, 6.45) is 3.11. The minimum Gasteiger partial charge on any atom is -0.487 e. The molecular formula is C21H22N6O2. The Bertz CT molecular complexity index is 1090. The summed E-state index contributed by atoms with van der Waals surface area (Å²) < 4.78 is 5.96. The van der Waals surface area contributed by atoms with Crippen molar-refractivity contribution >= 4 is 11.7 Å². The lowest BCUT2D eigenvalue weighted by Crippen LogP contribution is -2.33. The number of H-pyrrole nitrogens is 1. The van der Waals surface area contributed by atoms with Crippen LogP contribution in [-0.4, -0.2) is 51.6 Å². The summed E-state index contributed by atoms with van der Waals surface area (Å²) in [7, 11) is 3.48. The highest BCUT2D eigenvalue weighted by atomic mass is 16.5. The maximum absolute atomic E-state index is 12.5. The third-order valence-corrected chi connectivity index (χ3v) is 5.56. The molecule has 0 spiro atoms. The molecule has 0 radical (unpaired) electrons. The minimum atomic E-state index is -0.0896. The fourth-order valence-electron chi connectivity index (χ4n) is 4.01. The Labute approximate surface area is 168 Å². The van der Waals surface area contributed by atoms with E-state index < -0.39 is 0 Å². The molecule has 0 unspecified atom stereocenters. The summed E-state index contributed by atoms with van der Waals surface area (Å²) in [5.74, 6) is 1.71. The largest absolute Gasteiger partial charge is 0.487 e. The molecule has 8 nitrogen and oxygen atoms in total. The summed E-state index contributed by atoms with van der Waals surface area (Å²) in [5, 5.41) is 7.33. The molecule has 0 bridgehead atoms. The van der Waals surface area contributed by atoms with Gasteiger partial charge in [-0.15, -0.1) is 0 Å². The molecule has 3 aromatic rings. The minimum absolute atomic E-state index is 0.0896. The molecule has 1 amide bonds. The molecule has 0 aliphatic carbocycles. The second kappa shape index (κ2) is 6.88. The van der Waals surface area contributed by atoms with E-state index in [1.54, 1.807) is 25.3 Å². The van der Waals surface area contributed by atoms with Gasteiger partial charge in [-0.1, -0.05) is 18.2 Å². The van der Waals surface area contributed by atoms with Crippen molar-refractivity contribution in [1.29, 1.82) is 0 Å². The molecule has 1 aromatic carbocycles. The standard InChI is InChI=1S/C21H22N6O2/c1-26(2)21(28)19-15-10-27(8-7-16(15)24-25-19)20-14-9-13-5-3-4-6-18(13)29-11-17(14)22-12-23-20/h3-6,12H,7-11H2,1-2H3,(H,24,25). The number of carbonyl (C=O) groups excluding carboxylic acids is 1. The second-order valence-corrected chi connectivity index (χ2v) is 7.60. The summed E-state index contributed by atoms with van der Waals surface area (Å²) in [4.78, 5) is 25.4. The van der Waals surface area contributed by atoms with E-state index in [0.717, 1.165) is 59.0 Å². The number of benzene rings is 1. The second-order valence-electron chi connectivity index (χ2n) is 7.60. The lowest BCUT2D eigenvalue weighted by molar-refractivity contribution is 0.0821. The normalized spacial score (nSPS) is 14.9. The van der Waals surface area contributed by atoms with E-state index >= 15 is 0 Å². The number of nitrogens with zero attached hydrogens (tertiary/aromatic N) is 5. The van der Waals surface area contributed by atoms with E-state index in [4.69, 9.17) is 4.74 Å². The highest BCUT2D eigenvalue weighted by molar-refractivity contribution is 5.93. The molecule has 148 valence electrons. The van der Waals surface area contributed by atoms with Gasteiger partial charge < -0.3 is 14.5 Å². The Kier molecular flexibility index (Phi) is 4.19. The molecule has 0 fully saturated rings. The number of hydrogen-bond acceptors (Lipinski definition) is 6. The molecule has 0 atom stereocenters. The fourth-order valence-corrected chi connectivity index (χ4v) is 4.01. The predicted octanol–water partition coefficient (Wildman–Crippen LogP) is 1.95. The molecule has 0 saturated heterocycles. The first-order chi connectivity index (χ1) is 14.1. The molecule has 29 heavy (non-hydrogen) atoms. The van der Waals surface area contributed by atoms with Crippen LogP contribution in [0.3, 0.4) is 0 Å². The number of anilines is 1. The van der Waals surface area contributed by atoms with E-state index in [2.05, 4.69) is 31.1 Å². The first-order valence-corrected chi connectivity index (χ1v) is 9.68. The SMILES string of the molecule is CN(C)C(=O)c1n[nH]c2c1CN(c1ncnc3c1Cc1ccccc1OC3)CC2. The molecule has 8 heteroatoms. The van der Waals surface area contributed by atoms with Crippen LogP contribution < -0.4 is 9.64 Å². The number of ether oxygens (including phenoxy) is 1. The van der Waals surface area contributed by atoms with Gasteiger partial charge in [-0.3, -0.25) is 9.89 Å². The van der Waals surface area contributed by atoms with Gasteiger partial charge in [0.25, 0.3) is 5.91 Å². The van der Waals surface area contributed by atoms with Crippen molar-refractivity contribution in [2.24, 2.45) is 0 Å². The maximum Gasteiger partial charge on any atom is 0.274 e. The van der Waals surface area contributed by atoms with Crippen molar-refractivity contribution < 1.29 is 9.53 Å². The number of aromatic nitrogens is 4. The van der Waals surface area contributed by atoms with Crippen LogP contribution in [0.4, 0.5) is 5.82 Å². The number of para-hydroxylation sites is 1. The predicted molar refractivity (Wildman–Crippen MR) is 107 cm³/mol. The first-order valence-electron chi connectivity index (χ1n) is 9.68. The molecule has 1 N–H and O–H groups in total. The van der Waals surface area contributed by atoms with Crippen LogP contribution in [-0.2, 0) is 26.0 Å². The Morgan fingerprint density at radius 3 is 2.93 bits per heavy atom. The Morgan fingerprint density at radius 2 is 2.07 bits per heavy atom. The Hall–Kier alpha value is -3.42. The summed E-state index contributed by atoms with van der Waals surface area (Å²) in [6, 6.07) is 8.08. The Balaban J connectivity index is 1.52. The van der Waals surface area contributed by atoms with Gasteiger partial charge >= 0.3 is 0 Å². The molecule has 0 saturated carbocycles. The van der Waals surface area contributed by atoms with Crippen LogP contribution in [0.15, 0.2) is 30.6 Å². The van der Waals surface area contributed by atoms with Crippen molar-refractivity contribution in [3.05, 3.63) is 64.4 Å². The van der Waals surface area contributed by atoms with Gasteiger partial charge in [0, 0.05) is 56.8 Å². The number of nitrogens with one attached hydrogen (secondary N) is 1. The number of hydrogen-bond donors (Lipinski definition) is 1. The molecule has 4 heterocycles. The van der Waals surface area contributed by atoms with Crippen LogP contribution in [0.1, 0.15) is 38.6 Å². The zero-order valence-electron chi connectivity index (χ0n) is 16.5. The van der Waals surface area contributed by atoms with Gasteiger partial charge in [0.05, 0.1) is 5.69 Å². The van der Waals surface area contributed by atoms with E-state index in [9.17, 15) is 4.79 Å². The third kappa shape index (κ3) is 3.00. The lowest BCUT2D eigenvalue weighted by atomic mass is 10.0. The molecule has 2 aliphatic rings. The smallest absolute Gasteiger partial charge is 0.274 e. The summed E-state index contributed by atoms with van der Waals surface area (Å²) in [6.45, 7) is 1.82. The maximum atomic E-state index is 12.5. The zero-order chi connectivity index (χ0) is 20.0. The van der Waals surface area contributed by atoms with E-state index in [1.165, 1.54) is 0 Å². The third-order valence-electron chi connectivity index (χ3n) is 5.56. The van der Waals surface area contributed by atoms with Gasteiger partial charge in [0.2, 0.25) is 0 Å². The summed E-state index contributed by atoms with van der Waals surface area (Å²) >= 11 is 0. The average Bonchev–Trinajstić information content (AvgIpc) is 3.06. The van der Waals surface area contributed by atoms with Crippen LogP contribution >= 0.6 is 0 Å². The van der Waals surface area contributed by atoms with Crippen molar-refractivity contribution in [2.45, 2.75) is 26.0 Å². The van der Waals surface area contributed by atoms with Crippen LogP contribution in [0.2, 0.25) is 0 Å². The number of amides is 1. The molecular weight excluding hydrogens is 368 g/mol. The number of fused-ring (bicyclic) bond motifs is 3. The van der Waals surface area contributed by atoms with Crippen molar-refractivity contribution in [2.75, 3.05) is 25.5 Å². The van der Waals surface area contributed by atoms with Crippen molar-refractivity contribution in [1.82, 2.24) is 25.1 Å². The lowest BCUT2D eigenvalue weighted by Gasteiger charge is -2.30. The summed E-state index contributed by atoms with van der Waals surface area (Å²) in [5.41, 5.74) is 5.60. The van der Waals surface area contributed by atoms with Gasteiger partial charge in [0.1, 0.15) is 24.5 Å². The van der Waals surface area contributed by atoms with Crippen molar-refractivity contribution in [3.63, 3.8) is 0 Å². The van der Waals surface area contributed by atoms with Crippen LogP contribution in [0, 0.1) is 0 Å². The number of rotatable bonds is 2. The molecule has 5 rings (SSSR count). The first kappa shape index (κ1) is 17.7. The number of carbonyl (C=O) groups is 1. The highest BCUT2D eigenvalue weighted by Gasteiger charge is 2.29. The zero-order valence-corrected chi connectivity index (χ0v) is 16.5. The van der Waals surface area contributed by atoms with Gasteiger partial charge in [-0.2, -0.15) is 5.10 Å². The van der Waals surface area contributed by atoms with E-state index in [0.29, 0.717) is 18.8 Å². The van der Waals surface area contributed by atoms with E-state index in [-0.39, 0.29) is 5.91 Å². The molecule has 2 aliphatic heterocycles. The quantitative estimate of drug-likeness (QED) is 0.720.